The van der Waals surface area contributed by atoms with Crippen LogP contribution in [0, 0.1) is 0 Å². The fourth-order valence-corrected chi connectivity index (χ4v) is 1.08. The molecule has 1 aromatic rings. The molecule has 1 heterocycles. The van der Waals surface area contributed by atoms with Crippen molar-refractivity contribution in [2.45, 2.75) is 0 Å². The summed E-state index contributed by atoms with van der Waals surface area (Å²) in [5, 5.41) is 0. The lowest BCUT2D eigenvalue weighted by atomic mass is 10.4. The lowest BCUT2D eigenvalue weighted by molar-refractivity contribution is 0.497. The Kier molecular flexibility index (Phi) is 3.47. The molecule has 0 saturated heterocycles. The molecule has 0 fully saturated rings. The molecule has 0 aromatic carbocycles. The number of rotatable bonds is 3. The molecule has 1 aromatic heterocycles. The van der Waals surface area contributed by atoms with E-state index >= 15 is 0 Å². The number of hydrogen-bond acceptors (Lipinski definition) is 2. The molecule has 0 bridgehead atoms. The molecule has 0 atom stereocenters. The van der Waals surface area contributed by atoms with Crippen LogP contribution >= 0.6 is 15.9 Å². The van der Waals surface area contributed by atoms with Gasteiger partial charge in [-0.15, -0.1) is 0 Å². The van der Waals surface area contributed by atoms with Crippen LogP contribution in [0.2, 0.25) is 0 Å². The van der Waals surface area contributed by atoms with Crippen molar-refractivity contribution in [1.82, 2.24) is 4.98 Å². The highest BCUT2D eigenvalue weighted by molar-refractivity contribution is 9.10. The summed E-state index contributed by atoms with van der Waals surface area (Å²) < 4.78 is 12.7. The zero-order valence-electron chi connectivity index (χ0n) is 6.80. The van der Waals surface area contributed by atoms with Crippen molar-refractivity contribution in [2.75, 3.05) is 25.2 Å². The van der Waals surface area contributed by atoms with Gasteiger partial charge < -0.3 is 4.90 Å². The summed E-state index contributed by atoms with van der Waals surface area (Å²) in [6.45, 7) is 0.0654. The van der Waals surface area contributed by atoms with Crippen molar-refractivity contribution in [1.29, 1.82) is 0 Å². The predicted molar refractivity (Wildman–Crippen MR) is 51.2 cm³/mol. The lowest BCUT2D eigenvalue weighted by Crippen LogP contribution is -2.19. The molecule has 0 N–H and O–H groups in total. The third-order valence-electron chi connectivity index (χ3n) is 1.57. The van der Waals surface area contributed by atoms with Crippen molar-refractivity contribution in [3.05, 3.63) is 22.9 Å². The van der Waals surface area contributed by atoms with Gasteiger partial charge in [0, 0.05) is 13.6 Å². The summed E-state index contributed by atoms with van der Waals surface area (Å²) in [6.07, 6.45) is 1.71. The molecule has 0 spiro atoms. The fraction of sp³-hybridized carbons (Fsp3) is 0.375. The monoisotopic (exact) mass is 232 g/mol. The van der Waals surface area contributed by atoms with Crippen LogP contribution in [0.1, 0.15) is 0 Å². The third kappa shape index (κ3) is 2.44. The van der Waals surface area contributed by atoms with Gasteiger partial charge in [-0.25, -0.2) is 9.37 Å². The van der Waals surface area contributed by atoms with Crippen molar-refractivity contribution in [3.8, 4) is 0 Å². The predicted octanol–water partition coefficient (Wildman–Crippen LogP) is 2.25. The van der Waals surface area contributed by atoms with Crippen molar-refractivity contribution in [2.24, 2.45) is 0 Å². The summed E-state index contributed by atoms with van der Waals surface area (Å²) in [7, 11) is 1.84. The van der Waals surface area contributed by atoms with Gasteiger partial charge in [-0.2, -0.15) is 0 Å². The number of pyridine rings is 1. The molecule has 0 amide bonds. The second-order valence-electron chi connectivity index (χ2n) is 2.45. The summed E-state index contributed by atoms with van der Waals surface area (Å²) in [4.78, 5) is 5.85. The molecule has 1 rings (SSSR count). The Labute approximate surface area is 79.5 Å². The van der Waals surface area contributed by atoms with Crippen LogP contribution in [0.5, 0.6) is 0 Å². The van der Waals surface area contributed by atoms with Crippen molar-refractivity contribution >= 4 is 21.6 Å². The van der Waals surface area contributed by atoms with Crippen LogP contribution in [0.25, 0.3) is 0 Å². The fourth-order valence-electron chi connectivity index (χ4n) is 0.850. The van der Waals surface area contributed by atoms with Gasteiger partial charge in [0.1, 0.15) is 11.3 Å². The van der Waals surface area contributed by atoms with Crippen LogP contribution in [-0.2, 0) is 0 Å². The highest BCUT2D eigenvalue weighted by Crippen LogP contribution is 2.13. The lowest BCUT2D eigenvalue weighted by Gasteiger charge is -2.16. The Morgan fingerprint density at radius 2 is 2.33 bits per heavy atom. The smallest absolute Gasteiger partial charge is 0.107 e. The van der Waals surface area contributed by atoms with Gasteiger partial charge in [-0.3, -0.25) is 0 Å². The van der Waals surface area contributed by atoms with Gasteiger partial charge in [0.15, 0.2) is 0 Å². The van der Waals surface area contributed by atoms with Crippen LogP contribution in [0.4, 0.5) is 10.1 Å². The molecule has 0 unspecified atom stereocenters. The van der Waals surface area contributed by atoms with Crippen LogP contribution < -0.4 is 4.90 Å². The highest BCUT2D eigenvalue weighted by atomic mass is 79.9. The van der Waals surface area contributed by atoms with E-state index in [1.807, 2.05) is 24.1 Å². The van der Waals surface area contributed by atoms with Gasteiger partial charge >= 0.3 is 0 Å². The van der Waals surface area contributed by atoms with E-state index in [1.54, 1.807) is 6.20 Å². The largest absolute Gasteiger partial charge is 0.371 e. The Balaban J connectivity index is 2.68. The second-order valence-corrected chi connectivity index (χ2v) is 3.26. The summed E-state index contributed by atoms with van der Waals surface area (Å²) in [5.41, 5.74) is 0.927. The Bertz CT molecular complexity index is 237. The van der Waals surface area contributed by atoms with Crippen LogP contribution in [-0.4, -0.2) is 25.3 Å². The average Bonchev–Trinajstić information content (AvgIpc) is 2.06. The molecular formula is C8H10BrFN2. The Morgan fingerprint density at radius 3 is 2.83 bits per heavy atom. The minimum atomic E-state index is -0.341. The average molecular weight is 233 g/mol. The number of alkyl halides is 1. The molecule has 0 aliphatic rings. The maximum Gasteiger partial charge on any atom is 0.107 e. The van der Waals surface area contributed by atoms with Gasteiger partial charge in [-0.1, -0.05) is 0 Å². The maximum atomic E-state index is 11.9. The van der Waals surface area contributed by atoms with Crippen LogP contribution in [0.15, 0.2) is 22.9 Å². The maximum absolute atomic E-state index is 11.9. The normalized spacial score (nSPS) is 9.92. The first-order valence-electron chi connectivity index (χ1n) is 3.62. The molecule has 2 nitrogen and oxygen atoms in total. The molecule has 0 aliphatic heterocycles. The molecule has 0 radical (unpaired) electrons. The first kappa shape index (κ1) is 9.45. The first-order valence-corrected chi connectivity index (χ1v) is 4.42. The van der Waals surface area contributed by atoms with Gasteiger partial charge in [-0.05, 0) is 28.1 Å². The number of nitrogens with zero attached hydrogens (tertiary/aromatic N) is 2. The molecule has 4 heteroatoms. The minimum absolute atomic E-state index is 0.341. The van der Waals surface area contributed by atoms with E-state index < -0.39 is 0 Å². The Morgan fingerprint density at radius 1 is 1.58 bits per heavy atom. The molecular weight excluding hydrogens is 223 g/mol. The zero-order chi connectivity index (χ0) is 8.97. The summed E-state index contributed by atoms with van der Waals surface area (Å²) >= 11 is 3.23. The Hall–Kier alpha value is -0.640. The number of anilines is 1. The van der Waals surface area contributed by atoms with E-state index in [1.165, 1.54) is 0 Å². The van der Waals surface area contributed by atoms with E-state index in [-0.39, 0.29) is 6.67 Å². The molecule has 12 heavy (non-hydrogen) atoms. The van der Waals surface area contributed by atoms with Gasteiger partial charge in [0.05, 0.1) is 11.9 Å². The highest BCUT2D eigenvalue weighted by Gasteiger charge is 1.99. The quantitative estimate of drug-likeness (QED) is 0.744. The SMILES string of the molecule is CN(CCF)c1ccc(Br)nc1. The van der Waals surface area contributed by atoms with Crippen LogP contribution in [0.3, 0.4) is 0 Å². The zero-order valence-corrected chi connectivity index (χ0v) is 8.38. The van der Waals surface area contributed by atoms with E-state index in [4.69, 9.17) is 0 Å². The van der Waals surface area contributed by atoms with Crippen molar-refractivity contribution < 1.29 is 4.39 Å². The van der Waals surface area contributed by atoms with E-state index in [9.17, 15) is 4.39 Å². The topological polar surface area (TPSA) is 16.1 Å². The second kappa shape index (κ2) is 4.40. The summed E-state index contributed by atoms with van der Waals surface area (Å²) in [5.74, 6) is 0. The van der Waals surface area contributed by atoms with Crippen molar-refractivity contribution in [3.63, 3.8) is 0 Å². The molecule has 0 saturated carbocycles. The third-order valence-corrected chi connectivity index (χ3v) is 2.04. The van der Waals surface area contributed by atoms with E-state index in [0.717, 1.165) is 10.3 Å². The number of halogens is 2. The molecule has 66 valence electrons. The standard InChI is InChI=1S/C8H10BrFN2/c1-12(5-4-10)7-2-3-8(9)11-6-7/h2-3,6H,4-5H2,1H3. The van der Waals surface area contributed by atoms with Gasteiger partial charge in [0.2, 0.25) is 0 Å². The number of hydrogen-bond donors (Lipinski definition) is 0. The summed E-state index contributed by atoms with van der Waals surface area (Å²) in [6, 6.07) is 3.73. The van der Waals surface area contributed by atoms with Gasteiger partial charge in [0.25, 0.3) is 0 Å². The number of aromatic nitrogens is 1. The first-order chi connectivity index (χ1) is 5.74. The molecule has 0 aliphatic carbocycles. The van der Waals surface area contributed by atoms with E-state index in [0.29, 0.717) is 6.54 Å². The minimum Gasteiger partial charge on any atom is -0.371 e. The van der Waals surface area contributed by atoms with E-state index in [2.05, 4.69) is 20.9 Å².